The van der Waals surface area contributed by atoms with Crippen LogP contribution in [0.5, 0.6) is 0 Å². The number of nitrogens with two attached hydrogens (primary N) is 1. The Labute approximate surface area is 101 Å². The Kier molecular flexibility index (Phi) is 5.18. The van der Waals surface area contributed by atoms with Crippen molar-refractivity contribution in [3.05, 3.63) is 23.7 Å². The van der Waals surface area contributed by atoms with Gasteiger partial charge in [-0.05, 0) is 26.0 Å². The first-order chi connectivity index (χ1) is 8.06. The molecule has 1 rings (SSSR count). The summed E-state index contributed by atoms with van der Waals surface area (Å²) in [6, 6.07) is 3.58. The second-order valence-corrected chi connectivity index (χ2v) is 4.04. The molecule has 2 unspecified atom stereocenters. The minimum atomic E-state index is -0.236. The van der Waals surface area contributed by atoms with Crippen molar-refractivity contribution in [1.82, 2.24) is 5.32 Å². The summed E-state index contributed by atoms with van der Waals surface area (Å²) in [5.41, 5.74) is 5.45. The second kappa shape index (κ2) is 6.42. The molecular weight excluding hydrogens is 220 g/mol. The highest BCUT2D eigenvalue weighted by molar-refractivity contribution is 5.76. The first-order valence-corrected chi connectivity index (χ1v) is 5.65. The minimum absolute atomic E-state index is 0.0937. The van der Waals surface area contributed by atoms with Gasteiger partial charge in [-0.2, -0.15) is 0 Å². The Morgan fingerprint density at radius 1 is 1.59 bits per heavy atom. The number of ether oxygens (including phenoxy) is 1. The highest BCUT2D eigenvalue weighted by atomic mass is 16.5. The Balaban J connectivity index is 2.45. The number of carbonyl (C=O) groups is 1. The Morgan fingerprint density at radius 2 is 2.29 bits per heavy atom. The average Bonchev–Trinajstić information content (AvgIpc) is 2.72. The maximum Gasteiger partial charge on any atom is 0.223 e. The third-order valence-electron chi connectivity index (χ3n) is 2.57. The summed E-state index contributed by atoms with van der Waals surface area (Å²) in [5, 5.41) is 2.84. The number of hydrogen-bond donors (Lipinski definition) is 2. The normalized spacial score (nSPS) is 14.4. The van der Waals surface area contributed by atoms with Crippen molar-refractivity contribution in [3.63, 3.8) is 0 Å². The Hall–Kier alpha value is -1.33. The van der Waals surface area contributed by atoms with Crippen LogP contribution in [0.3, 0.4) is 0 Å². The molecule has 0 fully saturated rings. The molecule has 96 valence electrons. The molecule has 0 spiro atoms. The molecular formula is C12H20N2O3. The molecule has 5 heteroatoms. The summed E-state index contributed by atoms with van der Waals surface area (Å²) in [5.74, 6) is 1.49. The van der Waals surface area contributed by atoms with Crippen LogP contribution in [0.25, 0.3) is 0 Å². The third-order valence-corrected chi connectivity index (χ3v) is 2.57. The van der Waals surface area contributed by atoms with E-state index in [9.17, 15) is 4.79 Å². The van der Waals surface area contributed by atoms with E-state index in [1.165, 1.54) is 0 Å². The van der Waals surface area contributed by atoms with Crippen molar-refractivity contribution in [3.8, 4) is 0 Å². The van der Waals surface area contributed by atoms with Crippen LogP contribution in [0.4, 0.5) is 0 Å². The van der Waals surface area contributed by atoms with Crippen LogP contribution in [0.1, 0.15) is 30.9 Å². The molecule has 1 aromatic rings. The number of hydrogen-bond acceptors (Lipinski definition) is 4. The number of amides is 1. The Morgan fingerprint density at radius 3 is 2.76 bits per heavy atom. The van der Waals surface area contributed by atoms with Gasteiger partial charge in [0.15, 0.2) is 0 Å². The van der Waals surface area contributed by atoms with Crippen LogP contribution in [-0.4, -0.2) is 25.7 Å². The lowest BCUT2D eigenvalue weighted by Gasteiger charge is -2.15. The van der Waals surface area contributed by atoms with E-state index in [-0.39, 0.29) is 24.5 Å². The fourth-order valence-electron chi connectivity index (χ4n) is 1.53. The van der Waals surface area contributed by atoms with Crippen molar-refractivity contribution < 1.29 is 13.9 Å². The smallest absolute Gasteiger partial charge is 0.223 e. The zero-order chi connectivity index (χ0) is 12.8. The largest absolute Gasteiger partial charge is 0.464 e. The molecule has 0 aliphatic heterocycles. The van der Waals surface area contributed by atoms with Crippen LogP contribution in [-0.2, 0) is 9.53 Å². The average molecular weight is 240 g/mol. The highest BCUT2D eigenvalue weighted by Crippen LogP contribution is 2.15. The van der Waals surface area contributed by atoms with Gasteiger partial charge in [-0.25, -0.2) is 0 Å². The maximum atomic E-state index is 11.7. The zero-order valence-electron chi connectivity index (χ0n) is 10.5. The SMILES string of the molecule is COC(CN)CC(=O)NC(C)c1ccc(C)o1. The van der Waals surface area contributed by atoms with E-state index in [0.717, 1.165) is 11.5 Å². The maximum absolute atomic E-state index is 11.7. The van der Waals surface area contributed by atoms with Crippen LogP contribution in [0, 0.1) is 6.92 Å². The number of rotatable bonds is 6. The van der Waals surface area contributed by atoms with Crippen molar-refractivity contribution in [2.24, 2.45) is 5.73 Å². The molecule has 0 aromatic carbocycles. The number of furan rings is 1. The van der Waals surface area contributed by atoms with Gasteiger partial charge in [0, 0.05) is 13.7 Å². The molecule has 1 amide bonds. The van der Waals surface area contributed by atoms with Crippen molar-refractivity contribution >= 4 is 5.91 Å². The van der Waals surface area contributed by atoms with Gasteiger partial charge in [-0.3, -0.25) is 4.79 Å². The van der Waals surface area contributed by atoms with E-state index in [1.54, 1.807) is 7.11 Å². The predicted molar refractivity (Wildman–Crippen MR) is 64.5 cm³/mol. The van der Waals surface area contributed by atoms with Crippen molar-refractivity contribution in [2.45, 2.75) is 32.4 Å². The lowest BCUT2D eigenvalue weighted by Crippen LogP contribution is -2.33. The number of nitrogens with one attached hydrogen (secondary N) is 1. The third kappa shape index (κ3) is 4.20. The predicted octanol–water partition coefficient (Wildman–Crippen LogP) is 1.13. The summed E-state index contributed by atoms with van der Waals surface area (Å²) < 4.78 is 10.5. The van der Waals surface area contributed by atoms with E-state index in [2.05, 4.69) is 5.32 Å². The zero-order valence-corrected chi connectivity index (χ0v) is 10.5. The van der Waals surface area contributed by atoms with Crippen LogP contribution in [0.15, 0.2) is 16.5 Å². The molecule has 2 atom stereocenters. The highest BCUT2D eigenvalue weighted by Gasteiger charge is 2.16. The van der Waals surface area contributed by atoms with E-state index in [4.69, 9.17) is 14.9 Å². The van der Waals surface area contributed by atoms with Gasteiger partial charge in [-0.15, -0.1) is 0 Å². The first-order valence-electron chi connectivity index (χ1n) is 5.65. The topological polar surface area (TPSA) is 77.5 Å². The molecule has 0 saturated carbocycles. The standard InChI is InChI=1S/C12H20N2O3/c1-8-4-5-11(17-8)9(2)14-12(15)6-10(7-13)16-3/h4-5,9-10H,6-7,13H2,1-3H3,(H,14,15). The molecule has 0 radical (unpaired) electrons. The fourth-order valence-corrected chi connectivity index (χ4v) is 1.53. The molecule has 0 aliphatic rings. The molecule has 17 heavy (non-hydrogen) atoms. The lowest BCUT2D eigenvalue weighted by molar-refractivity contribution is -0.124. The molecule has 0 bridgehead atoms. The monoisotopic (exact) mass is 240 g/mol. The fraction of sp³-hybridized carbons (Fsp3) is 0.583. The first kappa shape index (κ1) is 13.7. The minimum Gasteiger partial charge on any atom is -0.464 e. The summed E-state index contributed by atoms with van der Waals surface area (Å²) in [6.45, 7) is 4.08. The Bertz CT molecular complexity index is 358. The summed E-state index contributed by atoms with van der Waals surface area (Å²) >= 11 is 0. The summed E-state index contributed by atoms with van der Waals surface area (Å²) in [6.07, 6.45) is 0.0253. The van der Waals surface area contributed by atoms with Gasteiger partial charge in [0.25, 0.3) is 0 Å². The van der Waals surface area contributed by atoms with Crippen LogP contribution in [0.2, 0.25) is 0 Å². The summed E-state index contributed by atoms with van der Waals surface area (Å²) in [7, 11) is 1.55. The van der Waals surface area contributed by atoms with E-state index < -0.39 is 0 Å². The summed E-state index contributed by atoms with van der Waals surface area (Å²) in [4.78, 5) is 11.7. The van der Waals surface area contributed by atoms with Gasteiger partial charge < -0.3 is 20.2 Å². The second-order valence-electron chi connectivity index (χ2n) is 4.04. The molecule has 0 saturated heterocycles. The molecule has 1 aromatic heterocycles. The van der Waals surface area contributed by atoms with Crippen molar-refractivity contribution in [2.75, 3.05) is 13.7 Å². The lowest BCUT2D eigenvalue weighted by atomic mass is 10.2. The van der Waals surface area contributed by atoms with Gasteiger partial charge >= 0.3 is 0 Å². The quantitative estimate of drug-likeness (QED) is 0.781. The van der Waals surface area contributed by atoms with E-state index >= 15 is 0 Å². The molecule has 5 nitrogen and oxygen atoms in total. The van der Waals surface area contributed by atoms with Gasteiger partial charge in [0.1, 0.15) is 11.5 Å². The van der Waals surface area contributed by atoms with Gasteiger partial charge in [0.2, 0.25) is 5.91 Å². The number of carbonyl (C=O) groups excluding carboxylic acids is 1. The van der Waals surface area contributed by atoms with Crippen LogP contribution >= 0.6 is 0 Å². The van der Waals surface area contributed by atoms with E-state index in [1.807, 2.05) is 26.0 Å². The van der Waals surface area contributed by atoms with Gasteiger partial charge in [0.05, 0.1) is 18.6 Å². The number of aryl methyl sites for hydroxylation is 1. The molecule has 3 N–H and O–H groups in total. The van der Waals surface area contributed by atoms with E-state index in [0.29, 0.717) is 6.54 Å². The van der Waals surface area contributed by atoms with Crippen LogP contribution < -0.4 is 11.1 Å². The van der Waals surface area contributed by atoms with Gasteiger partial charge in [-0.1, -0.05) is 0 Å². The van der Waals surface area contributed by atoms with Crippen molar-refractivity contribution in [1.29, 1.82) is 0 Å². The molecule has 0 aliphatic carbocycles. The number of methoxy groups -OCH3 is 1. The molecule has 1 heterocycles.